The summed E-state index contributed by atoms with van der Waals surface area (Å²) in [7, 11) is 1.60. The predicted octanol–water partition coefficient (Wildman–Crippen LogP) is 0.316. The number of hydrogen-bond acceptors (Lipinski definition) is 6. The van der Waals surface area contributed by atoms with Crippen LogP contribution in [0.2, 0.25) is 0 Å². The van der Waals surface area contributed by atoms with Crippen LogP contribution in [0.4, 0.5) is 8.78 Å². The van der Waals surface area contributed by atoms with Crippen LogP contribution < -0.4 is 0 Å². The molecule has 1 rings (SSSR count). The smallest absolute Gasteiger partial charge is 0.325 e. The topological polar surface area (TPSA) is 91.2 Å². The Morgan fingerprint density at radius 1 is 1.53 bits per heavy atom. The molecule has 0 N–H and O–H groups in total. The molecule has 0 amide bonds. The largest absolute Gasteiger partial charge is 0.468 e. The van der Waals surface area contributed by atoms with Crippen LogP contribution in [0.15, 0.2) is 5.16 Å². The Hall–Kier alpha value is -1.29. The maximum Gasteiger partial charge on any atom is 0.325 e. The first-order valence-electron chi connectivity index (χ1n) is 4.00. The van der Waals surface area contributed by atoms with Gasteiger partial charge in [0.15, 0.2) is 0 Å². The second kappa shape index (κ2) is 4.92. The Morgan fingerprint density at radius 3 is 2.53 bits per heavy atom. The number of carbonyl (C=O) groups excluding carboxylic acids is 1. The number of esters is 1. The molecule has 0 unspecified atom stereocenters. The lowest BCUT2D eigenvalue weighted by Crippen LogP contribution is -2.17. The van der Waals surface area contributed by atoms with E-state index in [9.17, 15) is 22.0 Å². The molecular formula is C6H6ClF2N3O4S. The predicted molar refractivity (Wildman–Crippen MR) is 50.0 cm³/mol. The molecule has 0 spiro atoms. The van der Waals surface area contributed by atoms with Crippen molar-refractivity contribution in [3.05, 3.63) is 5.82 Å². The number of alkyl halides is 2. The van der Waals surface area contributed by atoms with E-state index in [0.29, 0.717) is 4.57 Å². The van der Waals surface area contributed by atoms with Crippen molar-refractivity contribution in [1.29, 1.82) is 0 Å². The fraction of sp³-hybridized carbons (Fsp3) is 0.500. The zero-order chi connectivity index (χ0) is 13.2. The van der Waals surface area contributed by atoms with E-state index in [1.807, 2.05) is 0 Å². The summed E-state index contributed by atoms with van der Waals surface area (Å²) >= 11 is 0. The molecule has 11 heteroatoms. The van der Waals surface area contributed by atoms with E-state index in [4.69, 9.17) is 10.7 Å². The van der Waals surface area contributed by atoms with Crippen LogP contribution in [-0.4, -0.2) is 36.3 Å². The number of methoxy groups -OCH3 is 1. The highest BCUT2D eigenvalue weighted by Gasteiger charge is 2.28. The molecule has 7 nitrogen and oxygen atoms in total. The summed E-state index contributed by atoms with van der Waals surface area (Å²) in [5.74, 6) is -1.91. The Balaban J connectivity index is 3.30. The van der Waals surface area contributed by atoms with E-state index >= 15 is 0 Å². The SMILES string of the molecule is COC(=O)Cn1c(C(F)F)nnc1S(=O)(=O)Cl. The fourth-order valence-electron chi connectivity index (χ4n) is 0.984. The second-order valence-corrected chi connectivity index (χ2v) is 5.20. The Labute approximate surface area is 98.8 Å². The van der Waals surface area contributed by atoms with E-state index in [1.54, 1.807) is 0 Å². The van der Waals surface area contributed by atoms with Gasteiger partial charge in [0.05, 0.1) is 7.11 Å². The van der Waals surface area contributed by atoms with Crippen LogP contribution >= 0.6 is 10.7 Å². The maximum absolute atomic E-state index is 12.5. The molecule has 0 saturated carbocycles. The molecular weight excluding hydrogens is 284 g/mol. The third kappa shape index (κ3) is 3.09. The van der Waals surface area contributed by atoms with Crippen LogP contribution in [0, 0.1) is 0 Å². The maximum atomic E-state index is 12.5. The van der Waals surface area contributed by atoms with E-state index in [1.165, 1.54) is 0 Å². The van der Waals surface area contributed by atoms with Crippen LogP contribution in [0.3, 0.4) is 0 Å². The molecule has 0 aliphatic heterocycles. The number of nitrogens with zero attached hydrogens (tertiary/aromatic N) is 3. The molecule has 0 aliphatic carbocycles. The summed E-state index contributed by atoms with van der Waals surface area (Å²) in [6, 6.07) is 0. The van der Waals surface area contributed by atoms with E-state index in [2.05, 4.69) is 14.9 Å². The van der Waals surface area contributed by atoms with Crippen molar-refractivity contribution in [2.45, 2.75) is 18.1 Å². The minimum absolute atomic E-state index is 0.388. The van der Waals surface area contributed by atoms with Crippen molar-refractivity contribution in [3.63, 3.8) is 0 Å². The van der Waals surface area contributed by atoms with Gasteiger partial charge in [0.1, 0.15) is 6.54 Å². The molecule has 0 saturated heterocycles. The Bertz CT molecular complexity index is 529. The van der Waals surface area contributed by atoms with Crippen molar-refractivity contribution in [2.75, 3.05) is 7.11 Å². The number of rotatable bonds is 4. The lowest BCUT2D eigenvalue weighted by atomic mass is 10.5. The average Bonchev–Trinajstić information content (AvgIpc) is 2.60. The lowest BCUT2D eigenvalue weighted by molar-refractivity contribution is -0.141. The number of aromatic nitrogens is 3. The first-order chi connectivity index (χ1) is 7.77. The fourth-order valence-corrected chi connectivity index (χ4v) is 1.89. The van der Waals surface area contributed by atoms with Gasteiger partial charge in [-0.05, 0) is 0 Å². The van der Waals surface area contributed by atoms with Crippen LogP contribution in [0.1, 0.15) is 12.2 Å². The van der Waals surface area contributed by atoms with Gasteiger partial charge >= 0.3 is 5.97 Å². The monoisotopic (exact) mass is 289 g/mol. The quantitative estimate of drug-likeness (QED) is 0.585. The van der Waals surface area contributed by atoms with E-state index in [-0.39, 0.29) is 0 Å². The third-order valence-electron chi connectivity index (χ3n) is 1.67. The van der Waals surface area contributed by atoms with Gasteiger partial charge in [-0.25, -0.2) is 17.2 Å². The van der Waals surface area contributed by atoms with Crippen LogP contribution in [-0.2, 0) is 25.1 Å². The molecule has 0 aliphatic rings. The van der Waals surface area contributed by atoms with Crippen LogP contribution in [0.5, 0.6) is 0 Å². The average molecular weight is 290 g/mol. The Kier molecular flexibility index (Phi) is 3.98. The number of halogens is 3. The minimum Gasteiger partial charge on any atom is -0.468 e. The zero-order valence-electron chi connectivity index (χ0n) is 8.30. The standard InChI is InChI=1S/C6H6ClF2N3O4S/c1-16-3(13)2-12-5(4(8)9)10-11-6(12)17(7,14)15/h4H,2H2,1H3. The third-order valence-corrected chi connectivity index (χ3v) is 2.83. The normalized spacial score (nSPS) is 11.8. The first kappa shape index (κ1) is 13.8. The van der Waals surface area contributed by atoms with E-state index in [0.717, 1.165) is 7.11 Å². The molecule has 1 aromatic rings. The van der Waals surface area contributed by atoms with Crippen molar-refractivity contribution < 1.29 is 26.7 Å². The number of carbonyl (C=O) groups is 1. The van der Waals surface area contributed by atoms with Gasteiger partial charge in [-0.2, -0.15) is 0 Å². The second-order valence-electron chi connectivity index (χ2n) is 2.74. The summed E-state index contributed by atoms with van der Waals surface area (Å²) in [5.41, 5.74) is 0. The lowest BCUT2D eigenvalue weighted by Gasteiger charge is -2.06. The summed E-state index contributed by atoms with van der Waals surface area (Å²) < 4.78 is 51.6. The molecule has 1 aromatic heterocycles. The van der Waals surface area contributed by atoms with Crippen molar-refractivity contribution in [2.24, 2.45) is 0 Å². The van der Waals surface area contributed by atoms with Gasteiger partial charge in [0, 0.05) is 10.7 Å². The molecule has 0 radical (unpaired) electrons. The highest BCUT2D eigenvalue weighted by Crippen LogP contribution is 2.21. The van der Waals surface area contributed by atoms with E-state index < -0.39 is 39.0 Å². The molecule has 17 heavy (non-hydrogen) atoms. The first-order valence-corrected chi connectivity index (χ1v) is 6.31. The highest BCUT2D eigenvalue weighted by atomic mass is 35.7. The van der Waals surface area contributed by atoms with Crippen molar-refractivity contribution in [1.82, 2.24) is 14.8 Å². The molecule has 1 heterocycles. The molecule has 0 fully saturated rings. The minimum atomic E-state index is -4.38. The van der Waals surface area contributed by atoms with Crippen LogP contribution in [0.25, 0.3) is 0 Å². The van der Waals surface area contributed by atoms with Crippen molar-refractivity contribution in [3.8, 4) is 0 Å². The summed E-state index contributed by atoms with van der Waals surface area (Å²) in [5, 5.41) is 5.03. The van der Waals surface area contributed by atoms with Gasteiger partial charge in [0.2, 0.25) is 5.82 Å². The molecule has 0 aromatic carbocycles. The number of hydrogen-bond donors (Lipinski definition) is 0. The summed E-state index contributed by atoms with van der Waals surface area (Å²) in [6.45, 7) is -0.773. The van der Waals surface area contributed by atoms with Gasteiger partial charge in [0.25, 0.3) is 20.6 Å². The van der Waals surface area contributed by atoms with Crippen molar-refractivity contribution >= 4 is 25.7 Å². The Morgan fingerprint density at radius 2 is 2.12 bits per heavy atom. The summed E-state index contributed by atoms with van der Waals surface area (Å²) in [6.07, 6.45) is -3.10. The van der Waals surface area contributed by atoms with Gasteiger partial charge < -0.3 is 4.74 Å². The molecule has 0 bridgehead atoms. The van der Waals surface area contributed by atoms with Gasteiger partial charge in [-0.15, -0.1) is 10.2 Å². The molecule has 96 valence electrons. The highest BCUT2D eigenvalue weighted by molar-refractivity contribution is 8.13. The molecule has 0 atom stereocenters. The zero-order valence-corrected chi connectivity index (χ0v) is 9.87. The number of ether oxygens (including phenoxy) is 1. The van der Waals surface area contributed by atoms with Gasteiger partial charge in [-0.3, -0.25) is 9.36 Å². The summed E-state index contributed by atoms with van der Waals surface area (Å²) in [4.78, 5) is 11.0. The van der Waals surface area contributed by atoms with Gasteiger partial charge in [-0.1, -0.05) is 0 Å².